The van der Waals surface area contributed by atoms with Gasteiger partial charge < -0.3 is 18.9 Å². The number of rotatable bonds is 16. The number of hydrogen-bond acceptors (Lipinski definition) is 5. The maximum Gasteiger partial charge on any atom is 0.189 e. The quantitative estimate of drug-likeness (QED) is 0.163. The molecule has 38 heavy (non-hydrogen) atoms. The van der Waals surface area contributed by atoms with Gasteiger partial charge in [-0.3, -0.25) is 4.79 Å². The van der Waals surface area contributed by atoms with Crippen molar-refractivity contribution < 1.29 is 23.7 Å². The van der Waals surface area contributed by atoms with Crippen LogP contribution in [0, 0.1) is 23.7 Å². The van der Waals surface area contributed by atoms with E-state index in [-0.39, 0.29) is 5.78 Å². The molecule has 0 aromatic heterocycles. The summed E-state index contributed by atoms with van der Waals surface area (Å²) in [6, 6.07) is 9.74. The zero-order valence-corrected chi connectivity index (χ0v) is 24.9. The molecule has 0 saturated heterocycles. The van der Waals surface area contributed by atoms with Crippen molar-refractivity contribution in [2.45, 2.75) is 68.7 Å². The Morgan fingerprint density at radius 3 is 1.84 bits per heavy atom. The van der Waals surface area contributed by atoms with Gasteiger partial charge in [0, 0.05) is 11.6 Å². The first kappa shape index (κ1) is 31.3. The molecule has 0 heterocycles. The minimum Gasteiger partial charge on any atom is -0.493 e. The fraction of sp³-hybridized carbons (Fsp3) is 0.545. The Hall–Kier alpha value is -2.95. The number of carbonyl (C=O) groups excluding carboxylic acids is 1. The van der Waals surface area contributed by atoms with Gasteiger partial charge in [-0.25, -0.2) is 0 Å². The Morgan fingerprint density at radius 1 is 0.711 bits per heavy atom. The van der Waals surface area contributed by atoms with Crippen LogP contribution in [0.5, 0.6) is 23.0 Å². The first-order valence-electron chi connectivity index (χ1n) is 14.0. The summed E-state index contributed by atoms with van der Waals surface area (Å²) in [5, 5.41) is 0. The van der Waals surface area contributed by atoms with Gasteiger partial charge >= 0.3 is 0 Å². The van der Waals surface area contributed by atoms with Gasteiger partial charge in [0.05, 0.1) is 32.0 Å². The van der Waals surface area contributed by atoms with Crippen LogP contribution in [-0.2, 0) is 6.42 Å². The number of benzene rings is 2. The topological polar surface area (TPSA) is 54.0 Å². The van der Waals surface area contributed by atoms with Crippen LogP contribution in [0.3, 0.4) is 0 Å². The van der Waals surface area contributed by atoms with E-state index in [9.17, 15) is 4.79 Å². The second kappa shape index (κ2) is 15.5. The molecule has 2 rings (SSSR count). The van der Waals surface area contributed by atoms with E-state index in [1.807, 2.05) is 18.2 Å². The number of ether oxygens (including phenoxy) is 4. The molecule has 0 N–H and O–H groups in total. The van der Waals surface area contributed by atoms with E-state index in [1.54, 1.807) is 12.1 Å². The average molecular weight is 525 g/mol. The second-order valence-electron chi connectivity index (χ2n) is 11.5. The van der Waals surface area contributed by atoms with E-state index in [0.717, 1.165) is 17.7 Å². The van der Waals surface area contributed by atoms with E-state index >= 15 is 0 Å². The molecule has 5 heteroatoms. The Morgan fingerprint density at radius 2 is 1.26 bits per heavy atom. The summed E-state index contributed by atoms with van der Waals surface area (Å²) in [6.07, 6.45) is 4.32. The Bertz CT molecular complexity index is 1050. The summed E-state index contributed by atoms with van der Waals surface area (Å²) in [6.45, 7) is 21.0. The van der Waals surface area contributed by atoms with Gasteiger partial charge in [-0.1, -0.05) is 68.4 Å². The Balaban J connectivity index is 2.52. The van der Waals surface area contributed by atoms with Crippen molar-refractivity contribution in [1.29, 1.82) is 0 Å². The SMILES string of the molecule is CCc1ccc(OCC(C)C)c(/C=C/C(=O)c2cc(OCC(C)C)cc(OCC(C)C)c2OCC(C)C)c1. The molecule has 210 valence electrons. The standard InChI is InChI=1S/C33H48O5/c1-10-26-11-14-31(36-19-23(4)5)27(15-26)12-13-30(34)29-16-28(35-18-22(2)3)17-32(37-20-24(6)7)33(29)38-21-25(8)9/h11-17,22-25H,10,18-21H2,1-9H3/b13-12+. The highest BCUT2D eigenvalue weighted by Crippen LogP contribution is 2.38. The molecule has 0 saturated carbocycles. The van der Waals surface area contributed by atoms with Crippen molar-refractivity contribution in [1.82, 2.24) is 0 Å². The summed E-state index contributed by atoms with van der Waals surface area (Å²) >= 11 is 0. The molecule has 0 unspecified atom stereocenters. The van der Waals surface area contributed by atoms with Crippen molar-refractivity contribution >= 4 is 11.9 Å². The second-order valence-corrected chi connectivity index (χ2v) is 11.5. The molecule has 2 aromatic carbocycles. The first-order chi connectivity index (χ1) is 18.0. The fourth-order valence-corrected chi connectivity index (χ4v) is 3.46. The van der Waals surface area contributed by atoms with E-state index in [2.05, 4.69) is 74.4 Å². The van der Waals surface area contributed by atoms with Crippen LogP contribution < -0.4 is 18.9 Å². The highest BCUT2D eigenvalue weighted by Gasteiger charge is 2.20. The summed E-state index contributed by atoms with van der Waals surface area (Å²) in [5.41, 5.74) is 2.49. The molecule has 0 aliphatic carbocycles. The van der Waals surface area contributed by atoms with Crippen LogP contribution in [-0.4, -0.2) is 32.2 Å². The van der Waals surface area contributed by atoms with E-state index in [4.69, 9.17) is 18.9 Å². The average Bonchev–Trinajstić information content (AvgIpc) is 2.86. The van der Waals surface area contributed by atoms with Gasteiger partial charge in [0.25, 0.3) is 0 Å². The lowest BCUT2D eigenvalue weighted by atomic mass is 10.0. The van der Waals surface area contributed by atoms with E-state index in [1.165, 1.54) is 5.56 Å². The van der Waals surface area contributed by atoms with Crippen LogP contribution >= 0.6 is 0 Å². The summed E-state index contributed by atoms with van der Waals surface area (Å²) in [5.74, 6) is 3.55. The predicted molar refractivity (Wildman–Crippen MR) is 157 cm³/mol. The third kappa shape index (κ3) is 10.4. The normalized spacial score (nSPS) is 11.7. The van der Waals surface area contributed by atoms with Gasteiger partial charge in [0.2, 0.25) is 0 Å². The monoisotopic (exact) mass is 524 g/mol. The smallest absolute Gasteiger partial charge is 0.189 e. The third-order valence-corrected chi connectivity index (χ3v) is 5.48. The summed E-state index contributed by atoms with van der Waals surface area (Å²) in [7, 11) is 0. The van der Waals surface area contributed by atoms with Crippen molar-refractivity contribution in [3.63, 3.8) is 0 Å². The third-order valence-electron chi connectivity index (χ3n) is 5.48. The number of aryl methyl sites for hydroxylation is 1. The van der Waals surface area contributed by atoms with Gasteiger partial charge in [0.1, 0.15) is 11.5 Å². The molecule has 2 aromatic rings. The van der Waals surface area contributed by atoms with Crippen molar-refractivity contribution in [2.75, 3.05) is 26.4 Å². The highest BCUT2D eigenvalue weighted by atomic mass is 16.5. The van der Waals surface area contributed by atoms with Crippen LogP contribution in [0.25, 0.3) is 6.08 Å². The van der Waals surface area contributed by atoms with E-state index in [0.29, 0.717) is 72.9 Å². The lowest BCUT2D eigenvalue weighted by Gasteiger charge is -2.19. The maximum absolute atomic E-state index is 13.7. The van der Waals surface area contributed by atoms with Crippen LogP contribution in [0.4, 0.5) is 0 Å². The van der Waals surface area contributed by atoms with Crippen molar-refractivity contribution in [3.05, 3.63) is 53.1 Å². The highest BCUT2D eigenvalue weighted by molar-refractivity contribution is 6.09. The molecule has 0 atom stereocenters. The van der Waals surface area contributed by atoms with Crippen molar-refractivity contribution in [3.8, 4) is 23.0 Å². The van der Waals surface area contributed by atoms with Crippen molar-refractivity contribution in [2.24, 2.45) is 23.7 Å². The number of hydrogen-bond donors (Lipinski definition) is 0. The Labute approximate surface area is 230 Å². The minimum atomic E-state index is -0.176. The molecule has 0 aliphatic heterocycles. The summed E-state index contributed by atoms with van der Waals surface area (Å²) in [4.78, 5) is 13.7. The molecular formula is C33H48O5. The molecule has 0 fully saturated rings. The lowest BCUT2D eigenvalue weighted by molar-refractivity contribution is 0.104. The van der Waals surface area contributed by atoms with Gasteiger partial charge in [-0.15, -0.1) is 0 Å². The summed E-state index contributed by atoms with van der Waals surface area (Å²) < 4.78 is 24.4. The first-order valence-corrected chi connectivity index (χ1v) is 14.0. The largest absolute Gasteiger partial charge is 0.493 e. The molecule has 0 amide bonds. The van der Waals surface area contributed by atoms with Gasteiger partial charge in [-0.05, 0) is 66.0 Å². The molecule has 0 radical (unpaired) electrons. The zero-order chi connectivity index (χ0) is 28.2. The minimum absolute atomic E-state index is 0.176. The van der Waals surface area contributed by atoms with Crippen LogP contribution in [0.2, 0.25) is 0 Å². The fourth-order valence-electron chi connectivity index (χ4n) is 3.46. The van der Waals surface area contributed by atoms with Gasteiger partial charge in [0.15, 0.2) is 17.3 Å². The predicted octanol–water partition coefficient (Wildman–Crippen LogP) is 8.28. The number of carbonyl (C=O) groups is 1. The van der Waals surface area contributed by atoms with Crippen LogP contribution in [0.15, 0.2) is 36.4 Å². The molecular weight excluding hydrogens is 476 g/mol. The zero-order valence-electron chi connectivity index (χ0n) is 24.9. The maximum atomic E-state index is 13.7. The lowest BCUT2D eigenvalue weighted by Crippen LogP contribution is -2.13. The van der Waals surface area contributed by atoms with Gasteiger partial charge in [-0.2, -0.15) is 0 Å². The molecule has 0 aliphatic rings. The number of allylic oxidation sites excluding steroid dienone is 1. The Kier molecular flexibility index (Phi) is 12.7. The van der Waals surface area contributed by atoms with Crippen LogP contribution in [0.1, 0.15) is 83.8 Å². The molecule has 0 bridgehead atoms. The molecule has 0 spiro atoms. The molecule has 5 nitrogen and oxygen atoms in total. The van der Waals surface area contributed by atoms with E-state index < -0.39 is 0 Å². The number of ketones is 1.